The van der Waals surface area contributed by atoms with E-state index < -0.39 is 11.5 Å². The Morgan fingerprint density at radius 2 is 1.86 bits per heavy atom. The molecule has 0 aliphatic carbocycles. The van der Waals surface area contributed by atoms with Gasteiger partial charge in [-0.2, -0.15) is 0 Å². The Morgan fingerprint density at radius 3 is 2.43 bits per heavy atom. The molecule has 3 rings (SSSR count). The summed E-state index contributed by atoms with van der Waals surface area (Å²) >= 11 is 3.39. The van der Waals surface area contributed by atoms with E-state index in [9.17, 15) is 14.7 Å². The summed E-state index contributed by atoms with van der Waals surface area (Å²) in [6.45, 7) is 10.3. The molecule has 0 saturated carbocycles. The van der Waals surface area contributed by atoms with Gasteiger partial charge in [-0.3, -0.25) is 9.59 Å². The zero-order valence-electron chi connectivity index (χ0n) is 16.3. The average molecular weight is 442 g/mol. The van der Waals surface area contributed by atoms with E-state index in [1.165, 1.54) is 4.90 Å². The highest BCUT2D eigenvalue weighted by Crippen LogP contribution is 2.44. The number of carbonyl (C=O) groups is 2. The number of rotatable bonds is 5. The zero-order chi connectivity index (χ0) is 20.7. The first-order valence-corrected chi connectivity index (χ1v) is 9.96. The van der Waals surface area contributed by atoms with Crippen molar-refractivity contribution in [1.82, 2.24) is 0 Å². The summed E-state index contributed by atoms with van der Waals surface area (Å²) in [6.07, 6.45) is 1.29. The Morgan fingerprint density at radius 1 is 1.21 bits per heavy atom. The van der Waals surface area contributed by atoms with Gasteiger partial charge in [-0.1, -0.05) is 67.0 Å². The van der Waals surface area contributed by atoms with Crippen LogP contribution in [0, 0.1) is 0 Å². The second-order valence-electron chi connectivity index (χ2n) is 8.15. The van der Waals surface area contributed by atoms with Gasteiger partial charge in [0.1, 0.15) is 0 Å². The van der Waals surface area contributed by atoms with Crippen molar-refractivity contribution in [2.24, 2.45) is 0 Å². The molecule has 0 radical (unpaired) electrons. The molecule has 1 atom stereocenters. The molecule has 1 amide bonds. The fourth-order valence-corrected chi connectivity index (χ4v) is 3.86. The van der Waals surface area contributed by atoms with Crippen LogP contribution in [0.25, 0.3) is 0 Å². The molecule has 0 spiro atoms. The predicted octanol–water partition coefficient (Wildman–Crippen LogP) is 4.74. The van der Waals surface area contributed by atoms with E-state index in [0.29, 0.717) is 16.8 Å². The van der Waals surface area contributed by atoms with Crippen molar-refractivity contribution in [3.63, 3.8) is 0 Å². The van der Waals surface area contributed by atoms with Crippen LogP contribution < -0.4 is 4.90 Å². The smallest absolute Gasteiger partial charge is 0.264 e. The molecule has 2 aromatic rings. The Bertz CT molecular complexity index is 943. The van der Waals surface area contributed by atoms with Crippen molar-refractivity contribution >= 4 is 33.3 Å². The number of carbonyl (C=O) groups excluding carboxylic acids is 2. The largest absolute Gasteiger partial charge is 0.375 e. The first kappa shape index (κ1) is 20.5. The van der Waals surface area contributed by atoms with Crippen LogP contribution in [0.2, 0.25) is 0 Å². The van der Waals surface area contributed by atoms with Gasteiger partial charge < -0.3 is 10.0 Å². The Kier molecular flexibility index (Phi) is 5.34. The lowest BCUT2D eigenvalue weighted by molar-refractivity contribution is -0.135. The highest BCUT2D eigenvalue weighted by atomic mass is 79.9. The topological polar surface area (TPSA) is 57.6 Å². The summed E-state index contributed by atoms with van der Waals surface area (Å²) < 4.78 is 0.736. The van der Waals surface area contributed by atoms with Crippen molar-refractivity contribution in [1.29, 1.82) is 0 Å². The van der Waals surface area contributed by atoms with Gasteiger partial charge >= 0.3 is 0 Å². The van der Waals surface area contributed by atoms with Crippen LogP contribution >= 0.6 is 15.9 Å². The predicted molar refractivity (Wildman–Crippen MR) is 115 cm³/mol. The number of hydrogen-bond donors (Lipinski definition) is 1. The Hall–Kier alpha value is -2.24. The van der Waals surface area contributed by atoms with Crippen molar-refractivity contribution in [2.45, 2.75) is 38.2 Å². The molecular formula is C23H24BrNO3. The quantitative estimate of drug-likeness (QED) is 0.538. The number of aliphatic hydroxyl groups is 1. The lowest BCUT2D eigenvalue weighted by atomic mass is 9.85. The van der Waals surface area contributed by atoms with Gasteiger partial charge in [0, 0.05) is 22.1 Å². The first-order valence-electron chi connectivity index (χ1n) is 9.17. The van der Waals surface area contributed by atoms with Gasteiger partial charge in [-0.25, -0.2) is 0 Å². The second-order valence-corrected chi connectivity index (χ2v) is 9.07. The highest BCUT2D eigenvalue weighted by molar-refractivity contribution is 9.10. The third kappa shape index (κ3) is 3.56. The number of ketones is 1. The first-order chi connectivity index (χ1) is 13.1. The van der Waals surface area contributed by atoms with E-state index in [-0.39, 0.29) is 24.2 Å². The molecule has 0 bridgehead atoms. The molecule has 28 heavy (non-hydrogen) atoms. The number of halogens is 1. The molecule has 1 aliphatic rings. The standard InChI is InChI=1S/C23H24BrNO3/c1-5-12-25-19-11-10-17(24)13-18(19)23(28,21(25)27)14-20(26)15-6-8-16(9-7-15)22(2,3)4/h5-11,13,28H,1,12,14H2,2-4H3/t23-/m1/s1. The van der Waals surface area contributed by atoms with Gasteiger partial charge in [-0.15, -0.1) is 6.58 Å². The zero-order valence-corrected chi connectivity index (χ0v) is 17.9. The van der Waals surface area contributed by atoms with E-state index >= 15 is 0 Å². The third-order valence-electron chi connectivity index (χ3n) is 5.09. The van der Waals surface area contributed by atoms with Gasteiger partial charge in [0.2, 0.25) is 0 Å². The molecule has 1 heterocycles. The molecular weight excluding hydrogens is 418 g/mol. The third-order valence-corrected chi connectivity index (χ3v) is 5.59. The highest BCUT2D eigenvalue weighted by Gasteiger charge is 2.50. The molecule has 146 valence electrons. The van der Waals surface area contributed by atoms with E-state index in [4.69, 9.17) is 0 Å². The molecule has 0 saturated heterocycles. The maximum absolute atomic E-state index is 13.0. The molecule has 0 fully saturated rings. The second kappa shape index (κ2) is 7.30. The molecule has 0 unspecified atom stereocenters. The van der Waals surface area contributed by atoms with Crippen LogP contribution in [-0.2, 0) is 15.8 Å². The summed E-state index contributed by atoms with van der Waals surface area (Å²) in [5, 5.41) is 11.3. The summed E-state index contributed by atoms with van der Waals surface area (Å²) in [6, 6.07) is 12.6. The Labute approximate surface area is 174 Å². The van der Waals surface area contributed by atoms with Crippen LogP contribution in [0.1, 0.15) is 48.7 Å². The minimum atomic E-state index is -1.89. The maximum atomic E-state index is 13.0. The van der Waals surface area contributed by atoms with Gasteiger partial charge in [0.15, 0.2) is 11.4 Å². The summed E-state index contributed by atoms with van der Waals surface area (Å²) in [5.74, 6) is -0.775. The number of fused-ring (bicyclic) bond motifs is 1. The fourth-order valence-electron chi connectivity index (χ4n) is 3.49. The number of Topliss-reactive ketones (excluding diaryl/α,β-unsaturated/α-hetero) is 1. The average Bonchev–Trinajstić information content (AvgIpc) is 2.83. The Balaban J connectivity index is 1.94. The minimum Gasteiger partial charge on any atom is -0.375 e. The molecule has 2 aromatic carbocycles. The number of hydrogen-bond acceptors (Lipinski definition) is 3. The summed E-state index contributed by atoms with van der Waals surface area (Å²) in [4.78, 5) is 27.4. The van der Waals surface area contributed by atoms with Crippen LogP contribution in [0.3, 0.4) is 0 Å². The van der Waals surface area contributed by atoms with E-state index in [1.54, 1.807) is 36.4 Å². The van der Waals surface area contributed by atoms with Crippen molar-refractivity contribution in [3.8, 4) is 0 Å². The van der Waals surface area contributed by atoms with Gasteiger partial charge in [0.05, 0.1) is 12.1 Å². The van der Waals surface area contributed by atoms with Crippen molar-refractivity contribution in [3.05, 3.63) is 76.3 Å². The summed E-state index contributed by atoms with van der Waals surface area (Å²) in [5.41, 5.74) is 0.735. The molecule has 4 nitrogen and oxygen atoms in total. The lowest BCUT2D eigenvalue weighted by Crippen LogP contribution is -2.41. The van der Waals surface area contributed by atoms with E-state index in [1.807, 2.05) is 12.1 Å². The normalized spacial score (nSPS) is 18.9. The van der Waals surface area contributed by atoms with Gasteiger partial charge in [0.25, 0.3) is 5.91 Å². The maximum Gasteiger partial charge on any atom is 0.264 e. The monoisotopic (exact) mass is 441 g/mol. The number of amides is 1. The molecule has 1 aliphatic heterocycles. The van der Waals surface area contributed by atoms with Crippen molar-refractivity contribution < 1.29 is 14.7 Å². The number of nitrogens with zero attached hydrogens (tertiary/aromatic N) is 1. The minimum absolute atomic E-state index is 0.0163. The van der Waals surface area contributed by atoms with Crippen LogP contribution in [-0.4, -0.2) is 23.3 Å². The van der Waals surface area contributed by atoms with Crippen LogP contribution in [0.5, 0.6) is 0 Å². The molecule has 0 aromatic heterocycles. The van der Waals surface area contributed by atoms with Crippen LogP contribution in [0.15, 0.2) is 59.6 Å². The molecule has 1 N–H and O–H groups in total. The summed E-state index contributed by atoms with van der Waals surface area (Å²) in [7, 11) is 0. The molecule has 5 heteroatoms. The number of anilines is 1. The number of benzene rings is 2. The van der Waals surface area contributed by atoms with E-state index in [2.05, 4.69) is 43.3 Å². The lowest BCUT2D eigenvalue weighted by Gasteiger charge is -2.23. The van der Waals surface area contributed by atoms with Crippen LogP contribution in [0.4, 0.5) is 5.69 Å². The fraction of sp³-hybridized carbons (Fsp3) is 0.304. The van der Waals surface area contributed by atoms with Gasteiger partial charge in [-0.05, 0) is 29.2 Å². The van der Waals surface area contributed by atoms with E-state index in [0.717, 1.165) is 10.0 Å². The SMILES string of the molecule is C=CCN1C(=O)[C@@](O)(CC(=O)c2ccc(C(C)(C)C)cc2)c2cc(Br)ccc21. The van der Waals surface area contributed by atoms with Crippen molar-refractivity contribution in [2.75, 3.05) is 11.4 Å².